The number of hydrogen-bond acceptors (Lipinski definition) is 6. The van der Waals surface area contributed by atoms with E-state index in [4.69, 9.17) is 9.47 Å². The molecule has 0 N–H and O–H groups in total. The average Bonchev–Trinajstić information content (AvgIpc) is 3.55. The molecule has 1 saturated carbocycles. The van der Waals surface area contributed by atoms with Crippen LogP contribution in [0.2, 0.25) is 0 Å². The molecule has 1 aliphatic heterocycles. The lowest BCUT2D eigenvalue weighted by atomic mass is 9.70. The highest BCUT2D eigenvalue weighted by atomic mass is 16.7. The van der Waals surface area contributed by atoms with E-state index >= 15 is 0 Å². The van der Waals surface area contributed by atoms with Crippen molar-refractivity contribution in [1.29, 1.82) is 0 Å². The van der Waals surface area contributed by atoms with Gasteiger partial charge in [-0.05, 0) is 74.3 Å². The summed E-state index contributed by atoms with van der Waals surface area (Å²) < 4.78 is 11.9. The van der Waals surface area contributed by atoms with E-state index in [1.807, 2.05) is 48.9 Å². The smallest absolute Gasteiger partial charge is 0.434 e. The number of nitrogens with zero attached hydrogens (tertiary/aromatic N) is 3. The highest BCUT2D eigenvalue weighted by Crippen LogP contribution is 2.41. The number of amides is 1. The molecule has 2 heterocycles. The van der Waals surface area contributed by atoms with Gasteiger partial charge in [0.15, 0.2) is 0 Å². The number of rotatable bonds is 11. The molecule has 2 aliphatic rings. The van der Waals surface area contributed by atoms with Crippen LogP contribution in [0.3, 0.4) is 0 Å². The number of carbonyl (C=O) groups is 3. The highest BCUT2D eigenvalue weighted by Gasteiger charge is 2.37. The van der Waals surface area contributed by atoms with Gasteiger partial charge in [0.05, 0.1) is 12.9 Å². The summed E-state index contributed by atoms with van der Waals surface area (Å²) in [6, 6.07) is 20.7. The lowest BCUT2D eigenvalue weighted by molar-refractivity contribution is -0.141. The first-order valence-corrected chi connectivity index (χ1v) is 15.2. The van der Waals surface area contributed by atoms with E-state index in [0.717, 1.165) is 50.6 Å². The molecule has 2 aromatic carbocycles. The standard InChI is InChI=1S/C34H41N3O5/c1-2-41-34(40)42-33(39)20-29-16-27(18-30-13-14-32(38)37(30)23-26-11-7-4-8-12-26)15-28(17-29)19-31-21-35-24-36(31)22-25-9-5-3-6-10-25/h3-12,21,24,27-30H,2,13-20,22-23H2,1H3/t27-,28+,29-,30-/m0/s1. The maximum absolute atomic E-state index is 12.9. The van der Waals surface area contributed by atoms with Crippen molar-refractivity contribution in [3.63, 3.8) is 0 Å². The summed E-state index contributed by atoms with van der Waals surface area (Å²) in [6.45, 7) is 3.24. The maximum Gasteiger partial charge on any atom is 0.516 e. The van der Waals surface area contributed by atoms with Crippen molar-refractivity contribution in [2.75, 3.05) is 6.61 Å². The number of imidazole rings is 1. The Kier molecular flexibility index (Phi) is 10.1. The zero-order valence-electron chi connectivity index (χ0n) is 24.4. The number of ether oxygens (including phenoxy) is 2. The normalized spacial score (nSPS) is 22.2. The summed E-state index contributed by atoms with van der Waals surface area (Å²) in [4.78, 5) is 43.8. The topological polar surface area (TPSA) is 90.7 Å². The minimum atomic E-state index is -0.933. The first kappa shape index (κ1) is 29.5. The van der Waals surface area contributed by atoms with Crippen molar-refractivity contribution in [2.24, 2.45) is 17.8 Å². The van der Waals surface area contributed by atoms with Gasteiger partial charge >= 0.3 is 12.1 Å². The van der Waals surface area contributed by atoms with Crippen LogP contribution in [0.4, 0.5) is 4.79 Å². The summed E-state index contributed by atoms with van der Waals surface area (Å²) in [5, 5.41) is 0. The first-order valence-electron chi connectivity index (χ1n) is 15.2. The van der Waals surface area contributed by atoms with E-state index in [1.165, 1.54) is 11.3 Å². The molecule has 2 fully saturated rings. The maximum atomic E-state index is 12.9. The van der Waals surface area contributed by atoms with Crippen molar-refractivity contribution >= 4 is 18.0 Å². The van der Waals surface area contributed by atoms with E-state index in [2.05, 4.69) is 38.7 Å². The van der Waals surface area contributed by atoms with Gasteiger partial charge in [0.25, 0.3) is 0 Å². The van der Waals surface area contributed by atoms with Crippen LogP contribution >= 0.6 is 0 Å². The van der Waals surface area contributed by atoms with Crippen LogP contribution in [0.1, 0.15) is 68.7 Å². The van der Waals surface area contributed by atoms with Crippen molar-refractivity contribution < 1.29 is 23.9 Å². The molecule has 8 heteroatoms. The van der Waals surface area contributed by atoms with E-state index in [9.17, 15) is 14.4 Å². The van der Waals surface area contributed by atoms with Crippen molar-refractivity contribution in [3.05, 3.63) is 90.0 Å². The van der Waals surface area contributed by atoms with Crippen LogP contribution in [0, 0.1) is 17.8 Å². The van der Waals surface area contributed by atoms with Gasteiger partial charge in [0.1, 0.15) is 0 Å². The van der Waals surface area contributed by atoms with Gasteiger partial charge in [-0.15, -0.1) is 0 Å². The number of aromatic nitrogens is 2. The predicted molar refractivity (Wildman–Crippen MR) is 158 cm³/mol. The van der Waals surface area contributed by atoms with Gasteiger partial charge in [0.2, 0.25) is 5.91 Å². The van der Waals surface area contributed by atoms with Crippen molar-refractivity contribution in [1.82, 2.24) is 14.5 Å². The molecular formula is C34H41N3O5. The van der Waals surface area contributed by atoms with Gasteiger partial charge in [-0.3, -0.25) is 9.59 Å². The molecule has 8 nitrogen and oxygen atoms in total. The summed E-state index contributed by atoms with van der Waals surface area (Å²) >= 11 is 0. The Hall–Kier alpha value is -3.94. The number of esters is 1. The Bertz CT molecular complexity index is 1330. The number of likely N-dealkylation sites (tertiary alicyclic amines) is 1. The lowest BCUT2D eigenvalue weighted by Crippen LogP contribution is -2.36. The van der Waals surface area contributed by atoms with Gasteiger partial charge in [-0.2, -0.15) is 0 Å². The molecule has 0 radical (unpaired) electrons. The summed E-state index contributed by atoms with van der Waals surface area (Å²) in [5.74, 6) is 0.504. The van der Waals surface area contributed by atoms with Crippen LogP contribution in [0.25, 0.3) is 0 Å². The number of hydrogen-bond donors (Lipinski definition) is 0. The van der Waals surface area contributed by atoms with Crippen molar-refractivity contribution in [2.45, 2.75) is 77.4 Å². The molecule has 5 rings (SSSR count). The molecule has 42 heavy (non-hydrogen) atoms. The minimum absolute atomic E-state index is 0.0980. The van der Waals surface area contributed by atoms with Gasteiger partial charge in [-0.1, -0.05) is 60.7 Å². The molecule has 1 aliphatic carbocycles. The van der Waals surface area contributed by atoms with Gasteiger partial charge in [-0.25, -0.2) is 9.78 Å². The number of benzene rings is 2. The quantitative estimate of drug-likeness (QED) is 0.202. The predicted octanol–water partition coefficient (Wildman–Crippen LogP) is 6.18. The molecule has 0 unspecified atom stereocenters. The van der Waals surface area contributed by atoms with E-state index in [1.54, 1.807) is 6.92 Å². The second-order valence-corrected chi connectivity index (χ2v) is 11.8. The Morgan fingerprint density at radius 1 is 0.905 bits per heavy atom. The summed E-state index contributed by atoms with van der Waals surface area (Å²) in [5.41, 5.74) is 3.55. The fourth-order valence-corrected chi connectivity index (χ4v) is 6.90. The fraction of sp³-hybridized carbons (Fsp3) is 0.471. The molecule has 1 aromatic heterocycles. The SMILES string of the molecule is CCOC(=O)OC(=O)C[C@@H]1C[C@H](Cc2cncn2Cc2ccccc2)C[C@H](C[C@@H]2CCC(=O)N2Cc2ccccc2)C1. The van der Waals surface area contributed by atoms with Crippen LogP contribution in [0.15, 0.2) is 73.2 Å². The molecule has 3 aromatic rings. The Balaban J connectivity index is 1.28. The summed E-state index contributed by atoms with van der Waals surface area (Å²) in [6.07, 6.45) is 9.12. The molecular weight excluding hydrogens is 530 g/mol. The monoisotopic (exact) mass is 571 g/mol. The zero-order valence-corrected chi connectivity index (χ0v) is 24.4. The minimum Gasteiger partial charge on any atom is -0.434 e. The highest BCUT2D eigenvalue weighted by molar-refractivity contribution is 5.82. The van der Waals surface area contributed by atoms with Crippen LogP contribution in [-0.2, 0) is 38.6 Å². The molecule has 222 valence electrons. The van der Waals surface area contributed by atoms with Gasteiger partial charge in [0, 0.05) is 43.9 Å². The Morgan fingerprint density at radius 3 is 2.29 bits per heavy atom. The van der Waals surface area contributed by atoms with Crippen LogP contribution in [-0.4, -0.2) is 45.1 Å². The van der Waals surface area contributed by atoms with E-state index in [-0.39, 0.29) is 30.9 Å². The van der Waals surface area contributed by atoms with Gasteiger partial charge < -0.3 is 18.9 Å². The average molecular weight is 572 g/mol. The molecule has 4 atom stereocenters. The van der Waals surface area contributed by atoms with Crippen molar-refractivity contribution in [3.8, 4) is 0 Å². The zero-order chi connectivity index (χ0) is 29.3. The first-order chi connectivity index (χ1) is 20.5. The third-order valence-corrected chi connectivity index (χ3v) is 8.66. The molecule has 0 bridgehead atoms. The Morgan fingerprint density at radius 2 is 1.57 bits per heavy atom. The van der Waals surface area contributed by atoms with E-state index < -0.39 is 12.1 Å². The second kappa shape index (κ2) is 14.3. The third kappa shape index (κ3) is 8.08. The third-order valence-electron chi connectivity index (χ3n) is 8.66. The summed E-state index contributed by atoms with van der Waals surface area (Å²) in [7, 11) is 0. The molecule has 0 spiro atoms. The van der Waals surface area contributed by atoms with Crippen LogP contribution in [0.5, 0.6) is 0 Å². The molecule has 1 saturated heterocycles. The second-order valence-electron chi connectivity index (χ2n) is 11.8. The van der Waals surface area contributed by atoms with Crippen LogP contribution < -0.4 is 0 Å². The molecule has 1 amide bonds. The largest absolute Gasteiger partial charge is 0.516 e. The fourth-order valence-electron chi connectivity index (χ4n) is 6.90. The lowest BCUT2D eigenvalue weighted by Gasteiger charge is -2.37. The Labute approximate surface area is 248 Å². The van der Waals surface area contributed by atoms with E-state index in [0.29, 0.717) is 24.8 Å². The number of carbonyl (C=O) groups excluding carboxylic acids is 3.